The van der Waals surface area contributed by atoms with Crippen molar-refractivity contribution in [3.8, 4) is 5.88 Å². The van der Waals surface area contributed by atoms with Crippen molar-refractivity contribution >= 4 is 21.9 Å². The lowest BCUT2D eigenvalue weighted by atomic mass is 10.2. The Morgan fingerprint density at radius 1 is 1.50 bits per heavy atom. The Balaban J connectivity index is 2.00. The molecular formula is C12H18BrN3O2. The van der Waals surface area contributed by atoms with E-state index in [0.29, 0.717) is 11.8 Å². The van der Waals surface area contributed by atoms with Crippen LogP contribution >= 0.6 is 15.9 Å². The van der Waals surface area contributed by atoms with Crippen LogP contribution in [0.4, 0.5) is 5.95 Å². The average molecular weight is 316 g/mol. The number of anilines is 1. The molecule has 5 nitrogen and oxygen atoms in total. The number of halogens is 1. The molecule has 1 aromatic rings. The van der Waals surface area contributed by atoms with E-state index in [9.17, 15) is 0 Å². The maximum Gasteiger partial charge on any atom is 0.233 e. The third-order valence-corrected chi connectivity index (χ3v) is 3.24. The van der Waals surface area contributed by atoms with E-state index in [-0.39, 0.29) is 6.10 Å². The first-order chi connectivity index (χ1) is 8.79. The van der Waals surface area contributed by atoms with Crippen LogP contribution in [0.5, 0.6) is 5.88 Å². The van der Waals surface area contributed by atoms with Crippen LogP contribution in [0, 0.1) is 0 Å². The van der Waals surface area contributed by atoms with Gasteiger partial charge in [0, 0.05) is 19.4 Å². The Hall–Kier alpha value is -0.880. The highest BCUT2D eigenvalue weighted by Gasteiger charge is 2.17. The van der Waals surface area contributed by atoms with Crippen LogP contribution in [0.1, 0.15) is 26.2 Å². The normalized spacial score (nSPS) is 16.6. The molecule has 1 aliphatic heterocycles. The van der Waals surface area contributed by atoms with Gasteiger partial charge in [-0.1, -0.05) is 6.92 Å². The minimum absolute atomic E-state index is 0.184. The number of hydrogen-bond acceptors (Lipinski definition) is 5. The Labute approximate surface area is 115 Å². The Bertz CT molecular complexity index is 384. The van der Waals surface area contributed by atoms with Crippen molar-refractivity contribution in [2.75, 3.05) is 25.1 Å². The monoisotopic (exact) mass is 315 g/mol. The Morgan fingerprint density at radius 3 is 3.00 bits per heavy atom. The molecule has 0 bridgehead atoms. The number of rotatable bonds is 5. The fourth-order valence-corrected chi connectivity index (χ4v) is 1.99. The zero-order valence-corrected chi connectivity index (χ0v) is 12.1. The van der Waals surface area contributed by atoms with Gasteiger partial charge in [0.1, 0.15) is 6.10 Å². The molecule has 100 valence electrons. The van der Waals surface area contributed by atoms with Crippen LogP contribution in [-0.2, 0) is 4.74 Å². The molecule has 1 aromatic heterocycles. The molecule has 1 aliphatic rings. The zero-order valence-electron chi connectivity index (χ0n) is 10.5. The summed E-state index contributed by atoms with van der Waals surface area (Å²) < 4.78 is 12.0. The standard InChI is InChI=1S/C12H18BrN3O2/c1-2-5-14-12-15-8-10(13)11(16-12)18-9-3-6-17-7-4-9/h8-9H,2-7H2,1H3,(H,14,15,16). The van der Waals surface area contributed by atoms with Gasteiger partial charge in [-0.2, -0.15) is 4.98 Å². The van der Waals surface area contributed by atoms with Crippen LogP contribution in [0.25, 0.3) is 0 Å². The molecule has 0 unspecified atom stereocenters. The molecule has 18 heavy (non-hydrogen) atoms. The SMILES string of the molecule is CCCNc1ncc(Br)c(OC2CCOCC2)n1. The van der Waals surface area contributed by atoms with E-state index in [1.807, 2.05) is 0 Å². The highest BCUT2D eigenvalue weighted by Crippen LogP contribution is 2.25. The van der Waals surface area contributed by atoms with Gasteiger partial charge in [0.15, 0.2) is 0 Å². The molecular weight excluding hydrogens is 298 g/mol. The predicted octanol–water partition coefficient (Wildman–Crippen LogP) is 2.62. The van der Waals surface area contributed by atoms with Gasteiger partial charge >= 0.3 is 0 Å². The molecule has 0 saturated carbocycles. The lowest BCUT2D eigenvalue weighted by molar-refractivity contribution is 0.0234. The van der Waals surface area contributed by atoms with Crippen LogP contribution in [-0.4, -0.2) is 35.8 Å². The molecule has 1 saturated heterocycles. The summed E-state index contributed by atoms with van der Waals surface area (Å²) in [5.74, 6) is 1.22. The molecule has 0 radical (unpaired) electrons. The van der Waals surface area contributed by atoms with E-state index >= 15 is 0 Å². The highest BCUT2D eigenvalue weighted by molar-refractivity contribution is 9.10. The molecule has 2 heterocycles. The van der Waals surface area contributed by atoms with Crippen molar-refractivity contribution in [2.24, 2.45) is 0 Å². The van der Waals surface area contributed by atoms with Gasteiger partial charge in [0.2, 0.25) is 11.8 Å². The van der Waals surface area contributed by atoms with Crippen molar-refractivity contribution in [1.82, 2.24) is 9.97 Å². The van der Waals surface area contributed by atoms with Gasteiger partial charge in [-0.05, 0) is 22.4 Å². The molecule has 0 aromatic carbocycles. The van der Waals surface area contributed by atoms with Gasteiger partial charge in [-0.25, -0.2) is 4.98 Å². The molecule has 1 fully saturated rings. The maximum absolute atomic E-state index is 5.89. The third kappa shape index (κ3) is 3.81. The summed E-state index contributed by atoms with van der Waals surface area (Å²) in [4.78, 5) is 8.57. The number of nitrogens with zero attached hydrogens (tertiary/aromatic N) is 2. The van der Waals surface area contributed by atoms with Crippen LogP contribution in [0.2, 0.25) is 0 Å². The Morgan fingerprint density at radius 2 is 2.28 bits per heavy atom. The summed E-state index contributed by atoms with van der Waals surface area (Å²) >= 11 is 3.42. The van der Waals surface area contributed by atoms with E-state index in [1.165, 1.54) is 0 Å². The topological polar surface area (TPSA) is 56.3 Å². The number of ether oxygens (including phenoxy) is 2. The molecule has 0 amide bonds. The lowest BCUT2D eigenvalue weighted by Gasteiger charge is -2.23. The van der Waals surface area contributed by atoms with Crippen LogP contribution in [0.15, 0.2) is 10.7 Å². The Kier molecular flexibility index (Phi) is 5.19. The van der Waals surface area contributed by atoms with Crippen LogP contribution < -0.4 is 10.1 Å². The second kappa shape index (κ2) is 6.89. The largest absolute Gasteiger partial charge is 0.473 e. The summed E-state index contributed by atoms with van der Waals surface area (Å²) in [5.41, 5.74) is 0. The first-order valence-electron chi connectivity index (χ1n) is 6.30. The minimum Gasteiger partial charge on any atom is -0.473 e. The van der Waals surface area contributed by atoms with Crippen molar-refractivity contribution in [3.05, 3.63) is 10.7 Å². The summed E-state index contributed by atoms with van der Waals surface area (Å²) in [6.45, 7) is 4.48. The van der Waals surface area contributed by atoms with E-state index < -0.39 is 0 Å². The van der Waals surface area contributed by atoms with E-state index in [2.05, 4.69) is 38.1 Å². The summed E-state index contributed by atoms with van der Waals surface area (Å²) in [6.07, 6.45) is 4.77. The fourth-order valence-electron chi connectivity index (χ4n) is 1.71. The number of hydrogen-bond donors (Lipinski definition) is 1. The van der Waals surface area contributed by atoms with Gasteiger partial charge in [0.25, 0.3) is 0 Å². The van der Waals surface area contributed by atoms with Crippen LogP contribution in [0.3, 0.4) is 0 Å². The summed E-state index contributed by atoms with van der Waals surface area (Å²) in [6, 6.07) is 0. The van der Waals surface area contributed by atoms with Gasteiger partial charge in [-0.15, -0.1) is 0 Å². The average Bonchev–Trinajstić information content (AvgIpc) is 2.41. The van der Waals surface area contributed by atoms with E-state index in [0.717, 1.165) is 43.5 Å². The second-order valence-electron chi connectivity index (χ2n) is 4.20. The summed E-state index contributed by atoms with van der Waals surface area (Å²) in [5, 5.41) is 3.15. The van der Waals surface area contributed by atoms with E-state index in [1.54, 1.807) is 6.20 Å². The number of nitrogens with one attached hydrogen (secondary N) is 1. The zero-order chi connectivity index (χ0) is 12.8. The predicted molar refractivity (Wildman–Crippen MR) is 73.0 cm³/mol. The first-order valence-corrected chi connectivity index (χ1v) is 7.09. The van der Waals surface area contributed by atoms with E-state index in [4.69, 9.17) is 9.47 Å². The van der Waals surface area contributed by atoms with Gasteiger partial charge in [-0.3, -0.25) is 0 Å². The quantitative estimate of drug-likeness (QED) is 0.905. The van der Waals surface area contributed by atoms with Crippen molar-refractivity contribution in [2.45, 2.75) is 32.3 Å². The molecule has 6 heteroatoms. The molecule has 0 spiro atoms. The molecule has 0 aliphatic carbocycles. The second-order valence-corrected chi connectivity index (χ2v) is 5.06. The molecule has 2 rings (SSSR count). The van der Waals surface area contributed by atoms with Crippen molar-refractivity contribution in [3.63, 3.8) is 0 Å². The van der Waals surface area contributed by atoms with Crippen molar-refractivity contribution < 1.29 is 9.47 Å². The van der Waals surface area contributed by atoms with Crippen molar-refractivity contribution in [1.29, 1.82) is 0 Å². The lowest BCUT2D eigenvalue weighted by Crippen LogP contribution is -2.26. The fraction of sp³-hybridized carbons (Fsp3) is 0.667. The van der Waals surface area contributed by atoms with Gasteiger partial charge in [0.05, 0.1) is 23.9 Å². The van der Waals surface area contributed by atoms with Gasteiger partial charge < -0.3 is 14.8 Å². The molecule has 0 atom stereocenters. The third-order valence-electron chi connectivity index (χ3n) is 2.69. The highest BCUT2D eigenvalue weighted by atomic mass is 79.9. The first kappa shape index (κ1) is 13.5. The maximum atomic E-state index is 5.89. The summed E-state index contributed by atoms with van der Waals surface area (Å²) in [7, 11) is 0. The smallest absolute Gasteiger partial charge is 0.233 e. The molecule has 1 N–H and O–H groups in total. The number of aromatic nitrogens is 2. The minimum atomic E-state index is 0.184.